The molecule has 118 valence electrons. The molecule has 2 rings (SSSR count). The van der Waals surface area contributed by atoms with Gasteiger partial charge in [0.15, 0.2) is 11.4 Å². The Kier molecular flexibility index (Phi) is 4.15. The molecule has 2 heterocycles. The fourth-order valence-corrected chi connectivity index (χ4v) is 1.93. The number of aryl methyl sites for hydroxylation is 2. The van der Waals surface area contributed by atoms with Crippen molar-refractivity contribution >= 4 is 17.6 Å². The van der Waals surface area contributed by atoms with Crippen molar-refractivity contribution in [1.29, 1.82) is 0 Å². The van der Waals surface area contributed by atoms with Crippen molar-refractivity contribution in [2.45, 2.75) is 6.92 Å². The number of nitrogens with zero attached hydrogens (tertiary/aromatic N) is 4. The summed E-state index contributed by atoms with van der Waals surface area (Å²) >= 11 is 0. The maximum Gasteiger partial charge on any atom is 0.360 e. The smallest absolute Gasteiger partial charge is 0.360 e. The number of esters is 1. The molecular weight excluding hydrogens is 290 g/mol. The zero-order valence-corrected chi connectivity index (χ0v) is 13.0. The largest absolute Gasteiger partial charge is 0.481 e. The molecule has 2 aromatic heterocycles. The third-order valence-electron chi connectivity index (χ3n) is 3.23. The van der Waals surface area contributed by atoms with Gasteiger partial charge in [-0.15, -0.1) is 0 Å². The third kappa shape index (κ3) is 2.65. The SMILES string of the molecule is COC(=O)c1nn(C)c(C)c1NC(=O)c1cc(OC)n(C)n1. The number of carbonyl (C=O) groups excluding carboxylic acids is 2. The number of anilines is 1. The summed E-state index contributed by atoms with van der Waals surface area (Å²) in [4.78, 5) is 24.0. The number of hydrogen-bond donors (Lipinski definition) is 1. The van der Waals surface area contributed by atoms with Crippen LogP contribution in [0.4, 0.5) is 5.69 Å². The fourth-order valence-electron chi connectivity index (χ4n) is 1.93. The predicted octanol–water partition coefficient (Wildman–Crippen LogP) is 0.510. The maximum atomic E-state index is 12.3. The van der Waals surface area contributed by atoms with E-state index in [2.05, 4.69) is 20.3 Å². The minimum absolute atomic E-state index is 0.0405. The molecule has 9 heteroatoms. The molecule has 1 N–H and O–H groups in total. The monoisotopic (exact) mass is 307 g/mol. The molecule has 0 spiro atoms. The fraction of sp³-hybridized carbons (Fsp3) is 0.385. The summed E-state index contributed by atoms with van der Waals surface area (Å²) in [6.45, 7) is 1.73. The van der Waals surface area contributed by atoms with Crippen LogP contribution < -0.4 is 10.1 Å². The second kappa shape index (κ2) is 5.88. The molecule has 9 nitrogen and oxygen atoms in total. The van der Waals surface area contributed by atoms with Gasteiger partial charge in [0.1, 0.15) is 0 Å². The lowest BCUT2D eigenvalue weighted by Gasteiger charge is -2.04. The Labute approximate surface area is 126 Å². The Morgan fingerprint density at radius 1 is 1.18 bits per heavy atom. The molecule has 0 saturated carbocycles. The Bertz CT molecular complexity index is 731. The average molecular weight is 307 g/mol. The Morgan fingerprint density at radius 2 is 1.86 bits per heavy atom. The molecule has 0 aliphatic heterocycles. The van der Waals surface area contributed by atoms with Gasteiger partial charge in [-0.2, -0.15) is 10.2 Å². The highest BCUT2D eigenvalue weighted by Crippen LogP contribution is 2.21. The van der Waals surface area contributed by atoms with E-state index in [0.717, 1.165) is 0 Å². The molecule has 0 aromatic carbocycles. The minimum atomic E-state index is -0.627. The molecule has 22 heavy (non-hydrogen) atoms. The van der Waals surface area contributed by atoms with Crippen molar-refractivity contribution in [3.05, 3.63) is 23.1 Å². The summed E-state index contributed by atoms with van der Waals surface area (Å²) in [6, 6.07) is 1.50. The zero-order valence-electron chi connectivity index (χ0n) is 13.0. The van der Waals surface area contributed by atoms with Crippen molar-refractivity contribution in [3.8, 4) is 5.88 Å². The van der Waals surface area contributed by atoms with Gasteiger partial charge in [0.25, 0.3) is 5.91 Å². The first-order valence-corrected chi connectivity index (χ1v) is 6.40. The highest BCUT2D eigenvalue weighted by atomic mass is 16.5. The summed E-state index contributed by atoms with van der Waals surface area (Å²) < 4.78 is 12.7. The van der Waals surface area contributed by atoms with Gasteiger partial charge >= 0.3 is 5.97 Å². The van der Waals surface area contributed by atoms with Crippen molar-refractivity contribution in [2.75, 3.05) is 19.5 Å². The lowest BCUT2D eigenvalue weighted by atomic mass is 10.2. The highest BCUT2D eigenvalue weighted by molar-refractivity contribution is 6.07. The Hall–Kier alpha value is -2.84. The number of nitrogens with one attached hydrogen (secondary N) is 1. The van der Waals surface area contributed by atoms with E-state index in [1.165, 1.54) is 29.6 Å². The van der Waals surface area contributed by atoms with Crippen LogP contribution >= 0.6 is 0 Å². The summed E-state index contributed by atoms with van der Waals surface area (Å²) in [6.07, 6.45) is 0. The van der Waals surface area contributed by atoms with Crippen molar-refractivity contribution in [3.63, 3.8) is 0 Å². The van der Waals surface area contributed by atoms with Crippen LogP contribution in [0.15, 0.2) is 6.07 Å². The number of methoxy groups -OCH3 is 2. The van der Waals surface area contributed by atoms with E-state index in [1.807, 2.05) is 0 Å². The lowest BCUT2D eigenvalue weighted by Crippen LogP contribution is -2.16. The molecule has 0 saturated heterocycles. The van der Waals surface area contributed by atoms with E-state index in [0.29, 0.717) is 17.3 Å². The van der Waals surface area contributed by atoms with Gasteiger partial charge in [0.05, 0.1) is 25.6 Å². The lowest BCUT2D eigenvalue weighted by molar-refractivity contribution is 0.0594. The number of aromatic nitrogens is 4. The van der Waals surface area contributed by atoms with E-state index in [1.54, 1.807) is 21.0 Å². The Balaban J connectivity index is 2.33. The second-order valence-electron chi connectivity index (χ2n) is 4.57. The number of carbonyl (C=O) groups is 2. The molecular formula is C13H17N5O4. The van der Waals surface area contributed by atoms with Crippen LogP contribution in [0.1, 0.15) is 26.7 Å². The molecule has 0 aliphatic carbocycles. The highest BCUT2D eigenvalue weighted by Gasteiger charge is 2.23. The van der Waals surface area contributed by atoms with Gasteiger partial charge in [-0.25, -0.2) is 9.48 Å². The normalized spacial score (nSPS) is 10.4. The van der Waals surface area contributed by atoms with E-state index in [9.17, 15) is 9.59 Å². The Morgan fingerprint density at radius 3 is 2.41 bits per heavy atom. The van der Waals surface area contributed by atoms with E-state index in [4.69, 9.17) is 4.74 Å². The predicted molar refractivity (Wildman–Crippen MR) is 77.0 cm³/mol. The molecule has 0 unspecified atom stereocenters. The van der Waals surface area contributed by atoms with Crippen molar-refractivity contribution in [1.82, 2.24) is 19.6 Å². The molecule has 0 aliphatic rings. The van der Waals surface area contributed by atoms with Crippen LogP contribution in [0.2, 0.25) is 0 Å². The van der Waals surface area contributed by atoms with E-state index in [-0.39, 0.29) is 11.4 Å². The molecule has 0 bridgehead atoms. The van der Waals surface area contributed by atoms with Crippen LogP contribution in [-0.2, 0) is 18.8 Å². The number of ether oxygens (including phenoxy) is 2. The molecule has 2 aromatic rings. The van der Waals surface area contributed by atoms with Gasteiger partial charge < -0.3 is 14.8 Å². The number of hydrogen-bond acceptors (Lipinski definition) is 6. The summed E-state index contributed by atoms with van der Waals surface area (Å²) in [5.74, 6) is -0.654. The number of amides is 1. The molecule has 0 radical (unpaired) electrons. The summed E-state index contributed by atoms with van der Waals surface area (Å²) in [5.41, 5.74) is 1.12. The van der Waals surface area contributed by atoms with Gasteiger partial charge in [-0.05, 0) is 6.92 Å². The molecule has 0 fully saturated rings. The van der Waals surface area contributed by atoms with E-state index >= 15 is 0 Å². The van der Waals surface area contributed by atoms with Crippen molar-refractivity contribution < 1.29 is 19.1 Å². The van der Waals surface area contributed by atoms with Crippen LogP contribution in [0, 0.1) is 6.92 Å². The average Bonchev–Trinajstić information content (AvgIpc) is 3.01. The first-order valence-electron chi connectivity index (χ1n) is 6.40. The van der Waals surface area contributed by atoms with Gasteiger partial charge in [0.2, 0.25) is 5.88 Å². The van der Waals surface area contributed by atoms with Crippen molar-refractivity contribution in [2.24, 2.45) is 14.1 Å². The first-order chi connectivity index (χ1) is 10.4. The standard InChI is InChI=1S/C13H17N5O4/c1-7-10(11(13(20)22-5)16-17(7)2)14-12(19)8-6-9(21-4)18(3)15-8/h6H,1-5H3,(H,14,19). The minimum Gasteiger partial charge on any atom is -0.481 e. The third-order valence-corrected chi connectivity index (χ3v) is 3.23. The maximum absolute atomic E-state index is 12.3. The van der Waals surface area contributed by atoms with Crippen LogP contribution in [0.5, 0.6) is 5.88 Å². The van der Waals surface area contributed by atoms with Crippen LogP contribution in [0.25, 0.3) is 0 Å². The van der Waals surface area contributed by atoms with Gasteiger partial charge in [0, 0.05) is 20.2 Å². The van der Waals surface area contributed by atoms with E-state index < -0.39 is 11.9 Å². The number of rotatable bonds is 4. The van der Waals surface area contributed by atoms with Gasteiger partial charge in [-0.1, -0.05) is 0 Å². The summed E-state index contributed by atoms with van der Waals surface area (Å²) in [5, 5.41) is 10.7. The van der Waals surface area contributed by atoms with Gasteiger partial charge in [-0.3, -0.25) is 9.48 Å². The topological polar surface area (TPSA) is 100 Å². The zero-order chi connectivity index (χ0) is 16.4. The second-order valence-corrected chi connectivity index (χ2v) is 4.57. The first kappa shape index (κ1) is 15.5. The quantitative estimate of drug-likeness (QED) is 0.826. The molecule has 1 amide bonds. The van der Waals surface area contributed by atoms with Crippen LogP contribution in [0.3, 0.4) is 0 Å². The molecule has 0 atom stereocenters. The summed E-state index contributed by atoms with van der Waals surface area (Å²) in [7, 11) is 6.06. The van der Waals surface area contributed by atoms with Crippen LogP contribution in [-0.4, -0.2) is 45.7 Å².